The molecule has 0 amide bonds. The largest absolute Gasteiger partial charge is 0.346 e. The monoisotopic (exact) mass is 427 g/mol. The van der Waals surface area contributed by atoms with Crippen LogP contribution in [-0.4, -0.2) is 19.9 Å². The van der Waals surface area contributed by atoms with Gasteiger partial charge >= 0.3 is 5.69 Å². The molecule has 0 unspecified atom stereocenters. The summed E-state index contributed by atoms with van der Waals surface area (Å²) < 4.78 is 0. The smallest absolute Gasteiger partial charge is 0.309 e. The van der Waals surface area contributed by atoms with Crippen LogP contribution in [0.4, 0.5) is 0 Å². The number of nitriles is 1. The van der Waals surface area contributed by atoms with Crippen molar-refractivity contribution in [3.05, 3.63) is 60.8 Å². The maximum absolute atomic E-state index is 12.7. The van der Waals surface area contributed by atoms with Gasteiger partial charge < -0.3 is 9.97 Å². The number of thiophene rings is 2. The van der Waals surface area contributed by atoms with E-state index in [1.165, 1.54) is 23.1 Å². The molecule has 0 saturated heterocycles. The van der Waals surface area contributed by atoms with Gasteiger partial charge in [-0.25, -0.2) is 9.78 Å². The van der Waals surface area contributed by atoms with E-state index in [1.54, 1.807) is 18.3 Å². The second-order valence-electron chi connectivity index (χ2n) is 5.98. The zero-order valence-electron chi connectivity index (χ0n) is 14.8. The van der Waals surface area contributed by atoms with E-state index >= 15 is 0 Å². The summed E-state index contributed by atoms with van der Waals surface area (Å²) in [6.45, 7) is 3.50. The lowest BCUT2D eigenvalue weighted by Gasteiger charge is -2.11. The standard InChI is InChI=1S/C18H13N5O2S3/c1-8-10(6-19)16(23-18(25)20-8)28-9(2)14-21-15(24)13-11(7-27-17(13)22-14)12-4-3-5-26-12/h3-5,7,9H,1-2H3,(H,20,23,25)(H,21,22,24)/t9-/m1/s1. The summed E-state index contributed by atoms with van der Waals surface area (Å²) in [6.07, 6.45) is 0. The average Bonchev–Trinajstić information content (AvgIpc) is 3.30. The van der Waals surface area contributed by atoms with E-state index in [9.17, 15) is 14.9 Å². The molecule has 7 nitrogen and oxygen atoms in total. The first-order valence-corrected chi connectivity index (χ1v) is 10.8. The molecular formula is C18H13N5O2S3. The molecule has 140 valence electrons. The van der Waals surface area contributed by atoms with Crippen molar-refractivity contribution in [2.24, 2.45) is 0 Å². The Morgan fingerprint density at radius 3 is 2.79 bits per heavy atom. The number of hydrogen-bond donors (Lipinski definition) is 2. The zero-order valence-corrected chi connectivity index (χ0v) is 17.2. The van der Waals surface area contributed by atoms with E-state index in [1.807, 2.05) is 29.8 Å². The Balaban J connectivity index is 1.74. The van der Waals surface area contributed by atoms with Crippen molar-refractivity contribution in [2.45, 2.75) is 24.1 Å². The molecule has 4 aromatic rings. The third kappa shape index (κ3) is 3.28. The molecule has 0 spiro atoms. The first kappa shape index (κ1) is 18.6. The zero-order chi connectivity index (χ0) is 19.8. The van der Waals surface area contributed by atoms with Crippen LogP contribution < -0.4 is 11.2 Å². The third-order valence-electron chi connectivity index (χ3n) is 4.12. The van der Waals surface area contributed by atoms with Crippen LogP contribution in [0.5, 0.6) is 0 Å². The fourth-order valence-electron chi connectivity index (χ4n) is 2.77. The van der Waals surface area contributed by atoms with E-state index in [-0.39, 0.29) is 10.8 Å². The molecule has 1 atom stereocenters. The van der Waals surface area contributed by atoms with Crippen molar-refractivity contribution in [3.63, 3.8) is 0 Å². The van der Waals surface area contributed by atoms with Crippen LogP contribution >= 0.6 is 34.4 Å². The molecule has 10 heteroatoms. The number of nitrogens with one attached hydrogen (secondary N) is 2. The molecule has 0 bridgehead atoms. The molecule has 4 rings (SSSR count). The number of aromatic amines is 2. The highest BCUT2D eigenvalue weighted by molar-refractivity contribution is 7.99. The molecule has 0 saturated carbocycles. The second kappa shape index (κ2) is 7.35. The topological polar surface area (TPSA) is 115 Å². The van der Waals surface area contributed by atoms with Crippen molar-refractivity contribution >= 4 is 44.7 Å². The van der Waals surface area contributed by atoms with E-state index in [0.717, 1.165) is 10.4 Å². The molecule has 0 aliphatic rings. The molecule has 0 aromatic carbocycles. The quantitative estimate of drug-likeness (QED) is 0.378. The van der Waals surface area contributed by atoms with Crippen LogP contribution in [0.3, 0.4) is 0 Å². The summed E-state index contributed by atoms with van der Waals surface area (Å²) in [5, 5.41) is 13.9. The molecule has 0 fully saturated rings. The predicted octanol–water partition coefficient (Wildman–Crippen LogP) is 3.83. The summed E-state index contributed by atoms with van der Waals surface area (Å²) in [7, 11) is 0. The Kier molecular flexibility index (Phi) is 4.89. The highest BCUT2D eigenvalue weighted by Gasteiger charge is 2.19. The minimum absolute atomic E-state index is 0.201. The number of fused-ring (bicyclic) bond motifs is 1. The Hall–Kier alpha value is -2.74. The van der Waals surface area contributed by atoms with Crippen molar-refractivity contribution in [3.8, 4) is 16.5 Å². The Bertz CT molecular complexity index is 1330. The third-order valence-corrected chi connectivity index (χ3v) is 6.99. The number of hydrogen-bond acceptors (Lipinski definition) is 8. The summed E-state index contributed by atoms with van der Waals surface area (Å²) >= 11 is 4.21. The van der Waals surface area contributed by atoms with Gasteiger partial charge in [0.05, 0.1) is 10.6 Å². The fraction of sp³-hybridized carbons (Fsp3) is 0.167. The predicted molar refractivity (Wildman–Crippen MR) is 112 cm³/mol. The maximum atomic E-state index is 12.7. The minimum Gasteiger partial charge on any atom is -0.309 e. The Morgan fingerprint density at radius 1 is 1.25 bits per heavy atom. The van der Waals surface area contributed by atoms with Crippen LogP contribution in [0.1, 0.15) is 29.3 Å². The van der Waals surface area contributed by atoms with Gasteiger partial charge in [0.15, 0.2) is 0 Å². The molecule has 28 heavy (non-hydrogen) atoms. The molecule has 0 aliphatic heterocycles. The molecule has 4 heterocycles. The minimum atomic E-state index is -0.512. The van der Waals surface area contributed by atoms with Gasteiger partial charge in [0, 0.05) is 21.5 Å². The lowest BCUT2D eigenvalue weighted by Crippen LogP contribution is -2.16. The number of nitrogens with zero attached hydrogens (tertiary/aromatic N) is 3. The Morgan fingerprint density at radius 2 is 2.07 bits per heavy atom. The second-order valence-corrected chi connectivity index (χ2v) is 9.11. The molecule has 2 N–H and O–H groups in total. The fourth-order valence-corrected chi connectivity index (χ4v) is 5.55. The van der Waals surface area contributed by atoms with E-state index in [2.05, 4.69) is 26.0 Å². The maximum Gasteiger partial charge on any atom is 0.346 e. The van der Waals surface area contributed by atoms with Gasteiger partial charge in [-0.2, -0.15) is 10.2 Å². The molecule has 4 aromatic heterocycles. The summed E-state index contributed by atoms with van der Waals surface area (Å²) in [5.74, 6) is 0.478. The van der Waals surface area contributed by atoms with Gasteiger partial charge in [-0.15, -0.1) is 22.7 Å². The number of thioether (sulfide) groups is 1. The van der Waals surface area contributed by atoms with Crippen molar-refractivity contribution in [1.82, 2.24) is 19.9 Å². The number of aromatic nitrogens is 4. The van der Waals surface area contributed by atoms with Gasteiger partial charge in [-0.05, 0) is 25.3 Å². The van der Waals surface area contributed by atoms with Gasteiger partial charge in [-0.1, -0.05) is 17.8 Å². The van der Waals surface area contributed by atoms with E-state index < -0.39 is 5.69 Å². The lowest BCUT2D eigenvalue weighted by atomic mass is 10.2. The van der Waals surface area contributed by atoms with Gasteiger partial charge in [0.2, 0.25) is 0 Å². The number of H-pyrrole nitrogens is 2. The van der Waals surface area contributed by atoms with Crippen molar-refractivity contribution < 1.29 is 0 Å². The first-order chi connectivity index (χ1) is 13.5. The highest BCUT2D eigenvalue weighted by Crippen LogP contribution is 2.36. The van der Waals surface area contributed by atoms with Crippen LogP contribution in [0.15, 0.2) is 37.5 Å². The van der Waals surface area contributed by atoms with Gasteiger partial charge in [-0.3, -0.25) is 4.79 Å². The number of rotatable bonds is 4. The molecular weight excluding hydrogens is 414 g/mol. The number of aryl methyl sites for hydroxylation is 1. The summed E-state index contributed by atoms with van der Waals surface area (Å²) in [4.78, 5) is 40.0. The Labute approximate surface area is 171 Å². The SMILES string of the molecule is Cc1[nH]c(=O)nc(S[C@H](C)c2nc3scc(-c4cccs4)c3c(=O)[nH]2)c1C#N. The van der Waals surface area contributed by atoms with Crippen LogP contribution in [-0.2, 0) is 0 Å². The van der Waals surface area contributed by atoms with Crippen LogP contribution in [0.2, 0.25) is 0 Å². The highest BCUT2D eigenvalue weighted by atomic mass is 32.2. The van der Waals surface area contributed by atoms with E-state index in [0.29, 0.717) is 32.3 Å². The van der Waals surface area contributed by atoms with Crippen molar-refractivity contribution in [1.29, 1.82) is 5.26 Å². The van der Waals surface area contributed by atoms with Crippen LogP contribution in [0.25, 0.3) is 20.7 Å². The van der Waals surface area contributed by atoms with Crippen molar-refractivity contribution in [2.75, 3.05) is 0 Å². The normalized spacial score (nSPS) is 12.2. The summed E-state index contributed by atoms with van der Waals surface area (Å²) in [6, 6.07) is 5.99. The van der Waals surface area contributed by atoms with E-state index in [4.69, 9.17) is 0 Å². The first-order valence-electron chi connectivity index (χ1n) is 8.21. The average molecular weight is 428 g/mol. The van der Waals surface area contributed by atoms with Gasteiger partial charge in [0.25, 0.3) is 5.56 Å². The molecule has 0 aliphatic carbocycles. The van der Waals surface area contributed by atoms with Crippen LogP contribution in [0, 0.1) is 18.3 Å². The molecule has 0 radical (unpaired) electrons. The summed E-state index contributed by atoms with van der Waals surface area (Å²) in [5.41, 5.74) is 0.952. The van der Waals surface area contributed by atoms with Gasteiger partial charge in [0.1, 0.15) is 27.3 Å². The lowest BCUT2D eigenvalue weighted by molar-refractivity contribution is 0.899.